The standard InChI is InChI=1S/C13H25N3/c1-4-7-15-12(9-14)10-16-8-5-6-13(16)11(2)3/h11-13,15H,4-8,10H2,1-3H3. The van der Waals surface area contributed by atoms with E-state index in [1.54, 1.807) is 0 Å². The van der Waals surface area contributed by atoms with Crippen molar-refractivity contribution in [2.45, 2.75) is 52.1 Å². The normalized spacial score (nSPS) is 23.6. The Kier molecular flexibility index (Phi) is 5.79. The van der Waals surface area contributed by atoms with E-state index >= 15 is 0 Å². The fourth-order valence-corrected chi connectivity index (χ4v) is 2.54. The van der Waals surface area contributed by atoms with Gasteiger partial charge in [-0.2, -0.15) is 5.26 Å². The summed E-state index contributed by atoms with van der Waals surface area (Å²) < 4.78 is 0. The predicted octanol–water partition coefficient (Wildman–Crippen LogP) is 2.00. The summed E-state index contributed by atoms with van der Waals surface area (Å²) in [6.45, 7) is 9.69. The highest BCUT2D eigenvalue weighted by Gasteiger charge is 2.28. The molecule has 0 spiro atoms. The molecule has 0 aromatic rings. The van der Waals surface area contributed by atoms with E-state index in [9.17, 15) is 0 Å². The topological polar surface area (TPSA) is 39.1 Å². The summed E-state index contributed by atoms with van der Waals surface area (Å²) in [6.07, 6.45) is 3.67. The summed E-state index contributed by atoms with van der Waals surface area (Å²) in [7, 11) is 0. The van der Waals surface area contributed by atoms with Crippen LogP contribution in [0.2, 0.25) is 0 Å². The van der Waals surface area contributed by atoms with Gasteiger partial charge in [-0.05, 0) is 38.3 Å². The molecule has 0 amide bonds. The molecule has 0 bridgehead atoms. The summed E-state index contributed by atoms with van der Waals surface area (Å²) >= 11 is 0. The second kappa shape index (κ2) is 6.88. The molecule has 1 saturated heterocycles. The number of nitrogens with zero attached hydrogens (tertiary/aromatic N) is 2. The fraction of sp³-hybridized carbons (Fsp3) is 0.923. The second-order valence-corrected chi connectivity index (χ2v) is 5.08. The first-order chi connectivity index (χ1) is 7.69. The minimum absolute atomic E-state index is 0.000648. The van der Waals surface area contributed by atoms with Crippen LogP contribution in [0.15, 0.2) is 0 Å². The van der Waals surface area contributed by atoms with E-state index in [1.165, 1.54) is 12.8 Å². The SMILES string of the molecule is CCCNC(C#N)CN1CCCC1C(C)C. The first-order valence-corrected chi connectivity index (χ1v) is 6.56. The number of hydrogen-bond donors (Lipinski definition) is 1. The highest BCUT2D eigenvalue weighted by atomic mass is 15.2. The molecular formula is C13H25N3. The van der Waals surface area contributed by atoms with Crippen molar-refractivity contribution in [1.29, 1.82) is 5.26 Å². The molecule has 3 nitrogen and oxygen atoms in total. The van der Waals surface area contributed by atoms with Gasteiger partial charge in [0, 0.05) is 12.6 Å². The van der Waals surface area contributed by atoms with Gasteiger partial charge in [0.1, 0.15) is 6.04 Å². The zero-order chi connectivity index (χ0) is 12.0. The van der Waals surface area contributed by atoms with Gasteiger partial charge >= 0.3 is 0 Å². The minimum atomic E-state index is -0.000648. The summed E-state index contributed by atoms with van der Waals surface area (Å²) in [5, 5.41) is 12.4. The molecule has 1 heterocycles. The lowest BCUT2D eigenvalue weighted by molar-refractivity contribution is 0.196. The van der Waals surface area contributed by atoms with E-state index in [0.717, 1.165) is 26.1 Å². The van der Waals surface area contributed by atoms with Gasteiger partial charge < -0.3 is 5.32 Å². The Morgan fingerprint density at radius 2 is 2.25 bits per heavy atom. The fourth-order valence-electron chi connectivity index (χ4n) is 2.54. The van der Waals surface area contributed by atoms with E-state index in [0.29, 0.717) is 12.0 Å². The Balaban J connectivity index is 2.42. The number of hydrogen-bond acceptors (Lipinski definition) is 3. The van der Waals surface area contributed by atoms with Gasteiger partial charge in [0.2, 0.25) is 0 Å². The van der Waals surface area contributed by atoms with E-state index < -0.39 is 0 Å². The Hall–Kier alpha value is -0.590. The van der Waals surface area contributed by atoms with Crippen molar-refractivity contribution in [3.05, 3.63) is 0 Å². The van der Waals surface area contributed by atoms with Gasteiger partial charge in [0.25, 0.3) is 0 Å². The van der Waals surface area contributed by atoms with E-state index in [2.05, 4.69) is 37.1 Å². The van der Waals surface area contributed by atoms with Crippen molar-refractivity contribution in [3.8, 4) is 6.07 Å². The van der Waals surface area contributed by atoms with Crippen LogP contribution >= 0.6 is 0 Å². The summed E-state index contributed by atoms with van der Waals surface area (Å²) in [6, 6.07) is 3.05. The first-order valence-electron chi connectivity index (χ1n) is 6.56. The highest BCUT2D eigenvalue weighted by Crippen LogP contribution is 2.23. The lowest BCUT2D eigenvalue weighted by atomic mass is 10.0. The third kappa shape index (κ3) is 3.77. The number of nitriles is 1. The van der Waals surface area contributed by atoms with Crippen molar-refractivity contribution >= 4 is 0 Å². The molecule has 0 radical (unpaired) electrons. The van der Waals surface area contributed by atoms with Gasteiger partial charge in [-0.3, -0.25) is 4.90 Å². The molecule has 0 saturated carbocycles. The molecule has 2 atom stereocenters. The van der Waals surface area contributed by atoms with Crippen LogP contribution in [0.4, 0.5) is 0 Å². The van der Waals surface area contributed by atoms with E-state index in [-0.39, 0.29) is 6.04 Å². The number of nitrogens with one attached hydrogen (secondary N) is 1. The quantitative estimate of drug-likeness (QED) is 0.748. The Morgan fingerprint density at radius 1 is 1.50 bits per heavy atom. The molecule has 1 N–H and O–H groups in total. The van der Waals surface area contributed by atoms with Gasteiger partial charge in [0.15, 0.2) is 0 Å². The molecule has 92 valence electrons. The van der Waals surface area contributed by atoms with E-state index in [1.807, 2.05) is 0 Å². The summed E-state index contributed by atoms with van der Waals surface area (Å²) in [5.41, 5.74) is 0. The molecular weight excluding hydrogens is 198 g/mol. The Bertz CT molecular complexity index is 232. The molecule has 2 unspecified atom stereocenters. The van der Waals surface area contributed by atoms with Crippen LogP contribution in [0.3, 0.4) is 0 Å². The van der Waals surface area contributed by atoms with Crippen LogP contribution in [0.5, 0.6) is 0 Å². The van der Waals surface area contributed by atoms with Crippen molar-refractivity contribution < 1.29 is 0 Å². The molecule has 1 aliphatic rings. The monoisotopic (exact) mass is 223 g/mol. The van der Waals surface area contributed by atoms with Crippen molar-refractivity contribution in [2.75, 3.05) is 19.6 Å². The molecule has 0 aliphatic carbocycles. The van der Waals surface area contributed by atoms with Gasteiger partial charge in [0.05, 0.1) is 6.07 Å². The smallest absolute Gasteiger partial charge is 0.108 e. The maximum Gasteiger partial charge on any atom is 0.108 e. The third-order valence-corrected chi connectivity index (χ3v) is 3.40. The van der Waals surface area contributed by atoms with Crippen LogP contribution in [-0.2, 0) is 0 Å². The van der Waals surface area contributed by atoms with Crippen molar-refractivity contribution in [2.24, 2.45) is 5.92 Å². The van der Waals surface area contributed by atoms with Crippen LogP contribution in [0.1, 0.15) is 40.0 Å². The average Bonchev–Trinajstić information content (AvgIpc) is 2.72. The maximum absolute atomic E-state index is 9.10. The maximum atomic E-state index is 9.10. The molecule has 1 aliphatic heterocycles. The molecule has 3 heteroatoms. The van der Waals surface area contributed by atoms with Crippen molar-refractivity contribution in [3.63, 3.8) is 0 Å². The molecule has 1 rings (SSSR count). The highest BCUT2D eigenvalue weighted by molar-refractivity contribution is 4.95. The van der Waals surface area contributed by atoms with Crippen LogP contribution in [-0.4, -0.2) is 36.6 Å². The number of likely N-dealkylation sites (tertiary alicyclic amines) is 1. The van der Waals surface area contributed by atoms with Crippen LogP contribution in [0.25, 0.3) is 0 Å². The first kappa shape index (κ1) is 13.5. The zero-order valence-electron chi connectivity index (χ0n) is 10.9. The predicted molar refractivity (Wildman–Crippen MR) is 67.1 cm³/mol. The summed E-state index contributed by atoms with van der Waals surface area (Å²) in [5.74, 6) is 0.702. The second-order valence-electron chi connectivity index (χ2n) is 5.08. The minimum Gasteiger partial charge on any atom is -0.301 e. The molecule has 0 aromatic heterocycles. The molecule has 0 aromatic carbocycles. The van der Waals surface area contributed by atoms with Gasteiger partial charge in [-0.15, -0.1) is 0 Å². The number of rotatable bonds is 6. The summed E-state index contributed by atoms with van der Waals surface area (Å²) in [4.78, 5) is 2.49. The largest absolute Gasteiger partial charge is 0.301 e. The molecule has 1 fully saturated rings. The van der Waals surface area contributed by atoms with Crippen molar-refractivity contribution in [1.82, 2.24) is 10.2 Å². The zero-order valence-corrected chi connectivity index (χ0v) is 10.9. The third-order valence-electron chi connectivity index (χ3n) is 3.40. The van der Waals surface area contributed by atoms with Gasteiger partial charge in [-0.25, -0.2) is 0 Å². The van der Waals surface area contributed by atoms with Crippen LogP contribution < -0.4 is 5.32 Å². The average molecular weight is 223 g/mol. The lowest BCUT2D eigenvalue weighted by Gasteiger charge is -2.29. The van der Waals surface area contributed by atoms with E-state index in [4.69, 9.17) is 5.26 Å². The lowest BCUT2D eigenvalue weighted by Crippen LogP contribution is -2.44. The molecule has 16 heavy (non-hydrogen) atoms. The van der Waals surface area contributed by atoms with Gasteiger partial charge in [-0.1, -0.05) is 20.8 Å². The van der Waals surface area contributed by atoms with Crippen LogP contribution in [0, 0.1) is 17.2 Å². The Labute approximate surface area is 99.8 Å². The Morgan fingerprint density at radius 3 is 2.81 bits per heavy atom.